The summed E-state index contributed by atoms with van der Waals surface area (Å²) in [7, 11) is 0. The van der Waals surface area contributed by atoms with Crippen molar-refractivity contribution in [3.63, 3.8) is 0 Å². The summed E-state index contributed by atoms with van der Waals surface area (Å²) in [6.45, 7) is 4.68. The van der Waals surface area contributed by atoms with Gasteiger partial charge in [-0.2, -0.15) is 0 Å². The lowest BCUT2D eigenvalue weighted by molar-refractivity contribution is -0.139. The number of fused-ring (bicyclic) bond motifs is 1. The van der Waals surface area contributed by atoms with Crippen molar-refractivity contribution in [2.24, 2.45) is 5.92 Å². The van der Waals surface area contributed by atoms with Gasteiger partial charge in [0.25, 0.3) is 0 Å². The molecule has 0 radical (unpaired) electrons. The third-order valence-corrected chi connectivity index (χ3v) is 6.81. The number of rotatable bonds is 2. The van der Waals surface area contributed by atoms with E-state index in [0.717, 1.165) is 30.9 Å². The van der Waals surface area contributed by atoms with Gasteiger partial charge >= 0.3 is 0 Å². The van der Waals surface area contributed by atoms with Crippen LogP contribution in [-0.4, -0.2) is 61.6 Å². The summed E-state index contributed by atoms with van der Waals surface area (Å²) in [6, 6.07) is 6.03. The number of ketones is 1. The normalized spacial score (nSPS) is 26.4. The maximum absolute atomic E-state index is 12.8. The second-order valence-corrected chi connectivity index (χ2v) is 8.65. The molecule has 3 fully saturated rings. The van der Waals surface area contributed by atoms with Crippen LogP contribution in [-0.2, 0) is 9.53 Å². The molecule has 4 aliphatic heterocycles. The lowest BCUT2D eigenvalue weighted by Gasteiger charge is -2.44. The Morgan fingerprint density at radius 2 is 1.89 bits per heavy atom. The Morgan fingerprint density at radius 3 is 2.61 bits per heavy atom. The number of likely N-dealkylation sites (tertiary alicyclic amines) is 1. The van der Waals surface area contributed by atoms with Gasteiger partial charge in [0.15, 0.2) is 5.78 Å². The lowest BCUT2D eigenvalue weighted by atomic mass is 9.82. The molecule has 1 aromatic rings. The number of nitrogens with zero attached hydrogens (tertiary/aromatic N) is 2. The van der Waals surface area contributed by atoms with E-state index in [1.54, 1.807) is 0 Å². The van der Waals surface area contributed by atoms with Crippen molar-refractivity contribution in [1.82, 2.24) is 4.90 Å². The standard InChI is InChI=1S/C22H28N2O4/c25-19-14-22(6-10-24(11-7-22)21(26)16-5-12-27-15-16)28-20-13-17(3-4-18(19)20)23-8-1-2-9-23/h3-4,13,16H,1-2,5-12,14-15H2. The Balaban J connectivity index is 1.30. The van der Waals surface area contributed by atoms with Crippen molar-refractivity contribution in [2.75, 3.05) is 44.3 Å². The van der Waals surface area contributed by atoms with Crippen molar-refractivity contribution in [3.8, 4) is 5.75 Å². The van der Waals surface area contributed by atoms with Crippen LogP contribution in [0.15, 0.2) is 18.2 Å². The van der Waals surface area contributed by atoms with Crippen molar-refractivity contribution in [1.29, 1.82) is 0 Å². The molecule has 28 heavy (non-hydrogen) atoms. The van der Waals surface area contributed by atoms with Crippen LogP contribution >= 0.6 is 0 Å². The maximum atomic E-state index is 12.8. The number of benzene rings is 1. The van der Waals surface area contributed by atoms with E-state index in [9.17, 15) is 9.59 Å². The molecule has 4 aliphatic rings. The molecule has 1 atom stereocenters. The highest BCUT2D eigenvalue weighted by Crippen LogP contribution is 2.41. The molecule has 5 rings (SSSR count). The third kappa shape index (κ3) is 3.17. The number of hydrogen-bond acceptors (Lipinski definition) is 5. The van der Waals surface area contributed by atoms with Crippen LogP contribution in [0.4, 0.5) is 5.69 Å². The Kier molecular flexibility index (Phi) is 4.54. The quantitative estimate of drug-likeness (QED) is 0.785. The molecule has 1 amide bonds. The van der Waals surface area contributed by atoms with E-state index in [2.05, 4.69) is 4.90 Å². The lowest BCUT2D eigenvalue weighted by Crippen LogP contribution is -2.53. The zero-order valence-corrected chi connectivity index (χ0v) is 16.3. The molecule has 4 heterocycles. The molecule has 1 unspecified atom stereocenters. The minimum atomic E-state index is -0.462. The van der Waals surface area contributed by atoms with E-state index in [-0.39, 0.29) is 17.6 Å². The molecular formula is C22H28N2O4. The molecule has 1 aromatic carbocycles. The SMILES string of the molecule is O=C1CC2(CCN(C(=O)C3CCOC3)CC2)Oc2cc(N3CCCC3)ccc21. The largest absolute Gasteiger partial charge is 0.486 e. The van der Waals surface area contributed by atoms with Gasteiger partial charge in [0, 0.05) is 57.4 Å². The molecule has 6 nitrogen and oxygen atoms in total. The third-order valence-electron chi connectivity index (χ3n) is 6.81. The molecule has 0 aliphatic carbocycles. The van der Waals surface area contributed by atoms with Crippen molar-refractivity contribution in [3.05, 3.63) is 23.8 Å². The minimum absolute atomic E-state index is 0.00621. The summed E-state index contributed by atoms with van der Waals surface area (Å²) in [4.78, 5) is 29.8. The molecule has 6 heteroatoms. The Labute approximate surface area is 165 Å². The van der Waals surface area contributed by atoms with Gasteiger partial charge in [-0.25, -0.2) is 0 Å². The van der Waals surface area contributed by atoms with E-state index in [4.69, 9.17) is 9.47 Å². The van der Waals surface area contributed by atoms with E-state index < -0.39 is 5.60 Å². The van der Waals surface area contributed by atoms with Gasteiger partial charge in [-0.15, -0.1) is 0 Å². The minimum Gasteiger partial charge on any atom is -0.486 e. The van der Waals surface area contributed by atoms with Crippen molar-refractivity contribution >= 4 is 17.4 Å². The van der Waals surface area contributed by atoms with E-state index in [1.807, 2.05) is 23.1 Å². The first-order valence-electron chi connectivity index (χ1n) is 10.6. The summed E-state index contributed by atoms with van der Waals surface area (Å²) in [5.74, 6) is 1.10. The second-order valence-electron chi connectivity index (χ2n) is 8.65. The summed E-state index contributed by atoms with van der Waals surface area (Å²) in [6.07, 6.45) is 5.10. The van der Waals surface area contributed by atoms with Crippen LogP contribution in [0.1, 0.15) is 48.9 Å². The van der Waals surface area contributed by atoms with E-state index >= 15 is 0 Å². The van der Waals surface area contributed by atoms with Gasteiger partial charge in [0.2, 0.25) is 5.91 Å². The topological polar surface area (TPSA) is 59.1 Å². The van der Waals surface area contributed by atoms with Gasteiger partial charge in [-0.05, 0) is 31.4 Å². The number of carbonyl (C=O) groups excluding carboxylic acids is 2. The monoisotopic (exact) mass is 384 g/mol. The fourth-order valence-corrected chi connectivity index (χ4v) is 5.06. The first-order valence-corrected chi connectivity index (χ1v) is 10.6. The van der Waals surface area contributed by atoms with Crippen LogP contribution in [0.2, 0.25) is 0 Å². The number of amides is 1. The highest BCUT2D eigenvalue weighted by molar-refractivity contribution is 6.01. The average molecular weight is 384 g/mol. The van der Waals surface area contributed by atoms with Gasteiger partial charge in [0.1, 0.15) is 11.4 Å². The smallest absolute Gasteiger partial charge is 0.228 e. The highest BCUT2D eigenvalue weighted by Gasteiger charge is 2.44. The van der Waals surface area contributed by atoms with Crippen LogP contribution < -0.4 is 9.64 Å². The maximum Gasteiger partial charge on any atom is 0.228 e. The second kappa shape index (κ2) is 7.07. The Hall–Kier alpha value is -2.08. The number of piperidine rings is 1. The Morgan fingerprint density at radius 1 is 1.11 bits per heavy atom. The summed E-state index contributed by atoms with van der Waals surface area (Å²) < 4.78 is 11.8. The van der Waals surface area contributed by atoms with Crippen molar-refractivity contribution < 1.29 is 19.1 Å². The van der Waals surface area contributed by atoms with Gasteiger partial charge in [-0.1, -0.05) is 0 Å². The summed E-state index contributed by atoms with van der Waals surface area (Å²) in [5, 5.41) is 0. The molecular weight excluding hydrogens is 356 g/mol. The van der Waals surface area contributed by atoms with Crippen LogP contribution in [0.25, 0.3) is 0 Å². The fourth-order valence-electron chi connectivity index (χ4n) is 5.06. The predicted molar refractivity (Wildman–Crippen MR) is 105 cm³/mol. The Bertz CT molecular complexity index is 773. The molecule has 0 N–H and O–H groups in total. The first-order chi connectivity index (χ1) is 13.6. The molecule has 150 valence electrons. The van der Waals surface area contributed by atoms with Crippen LogP contribution in [0.3, 0.4) is 0 Å². The molecule has 0 saturated carbocycles. The number of carbonyl (C=O) groups is 2. The average Bonchev–Trinajstić information content (AvgIpc) is 3.42. The van der Waals surface area contributed by atoms with Crippen LogP contribution in [0, 0.1) is 5.92 Å². The van der Waals surface area contributed by atoms with Gasteiger partial charge in [0.05, 0.1) is 24.5 Å². The molecule has 0 bridgehead atoms. The zero-order chi connectivity index (χ0) is 19.1. The van der Waals surface area contributed by atoms with Gasteiger partial charge < -0.3 is 19.3 Å². The molecule has 3 saturated heterocycles. The van der Waals surface area contributed by atoms with E-state index in [1.165, 1.54) is 12.8 Å². The number of anilines is 1. The van der Waals surface area contributed by atoms with Crippen LogP contribution in [0.5, 0.6) is 5.75 Å². The van der Waals surface area contributed by atoms with Crippen molar-refractivity contribution in [2.45, 2.75) is 44.1 Å². The molecule has 1 spiro atoms. The number of ether oxygens (including phenoxy) is 2. The number of Topliss-reactive ketones (excluding diaryl/α,β-unsaturated/α-hetero) is 1. The predicted octanol–water partition coefficient (Wildman–Crippen LogP) is 2.65. The fraction of sp³-hybridized carbons (Fsp3) is 0.636. The molecule has 0 aromatic heterocycles. The first kappa shape index (κ1) is 18.0. The van der Waals surface area contributed by atoms with E-state index in [0.29, 0.717) is 51.1 Å². The van der Waals surface area contributed by atoms with Gasteiger partial charge in [-0.3, -0.25) is 9.59 Å². The number of hydrogen-bond donors (Lipinski definition) is 0. The summed E-state index contributed by atoms with van der Waals surface area (Å²) in [5.41, 5.74) is 1.39. The highest BCUT2D eigenvalue weighted by atomic mass is 16.5. The summed E-state index contributed by atoms with van der Waals surface area (Å²) >= 11 is 0. The zero-order valence-electron chi connectivity index (χ0n) is 16.3.